The van der Waals surface area contributed by atoms with Crippen molar-refractivity contribution in [3.05, 3.63) is 59.2 Å². The molecule has 1 amide bonds. The van der Waals surface area contributed by atoms with Crippen LogP contribution in [0.5, 0.6) is 11.5 Å². The van der Waals surface area contributed by atoms with E-state index >= 15 is 0 Å². The zero-order valence-electron chi connectivity index (χ0n) is 16.2. The quantitative estimate of drug-likeness (QED) is 0.730. The van der Waals surface area contributed by atoms with E-state index in [1.165, 1.54) is 30.9 Å². The van der Waals surface area contributed by atoms with E-state index in [2.05, 4.69) is 27.1 Å². The molecule has 156 valence electrons. The van der Waals surface area contributed by atoms with Crippen molar-refractivity contribution in [3.8, 4) is 11.5 Å². The minimum Gasteiger partial charge on any atom is -0.493 e. The van der Waals surface area contributed by atoms with Crippen molar-refractivity contribution in [2.24, 2.45) is 0 Å². The van der Waals surface area contributed by atoms with Crippen LogP contribution in [-0.2, 0) is 17.8 Å². The number of halogens is 2. The molecule has 1 aliphatic heterocycles. The highest BCUT2D eigenvalue weighted by atomic mass is 19.3. The SMILES string of the molecule is COc1cc(C(=O)NCc2ccc(CN3CCOCC3)cc2)ccc1OC(F)F. The fourth-order valence-corrected chi connectivity index (χ4v) is 3.07. The van der Waals surface area contributed by atoms with Crippen LogP contribution in [0.25, 0.3) is 0 Å². The third-order valence-electron chi connectivity index (χ3n) is 4.63. The van der Waals surface area contributed by atoms with Gasteiger partial charge in [0.25, 0.3) is 5.91 Å². The lowest BCUT2D eigenvalue weighted by molar-refractivity contribution is -0.0512. The van der Waals surface area contributed by atoms with E-state index in [4.69, 9.17) is 9.47 Å². The lowest BCUT2D eigenvalue weighted by Crippen LogP contribution is -2.35. The Kier molecular flexibility index (Phi) is 7.37. The molecule has 2 aromatic carbocycles. The summed E-state index contributed by atoms with van der Waals surface area (Å²) in [6.07, 6.45) is 0. The second kappa shape index (κ2) is 10.2. The van der Waals surface area contributed by atoms with Crippen molar-refractivity contribution in [2.45, 2.75) is 19.7 Å². The van der Waals surface area contributed by atoms with E-state index in [-0.39, 0.29) is 17.4 Å². The topological polar surface area (TPSA) is 60.0 Å². The molecule has 1 aliphatic rings. The summed E-state index contributed by atoms with van der Waals surface area (Å²) in [5, 5.41) is 2.82. The molecule has 1 heterocycles. The highest BCUT2D eigenvalue weighted by Gasteiger charge is 2.14. The highest BCUT2D eigenvalue weighted by molar-refractivity contribution is 5.94. The first-order valence-electron chi connectivity index (χ1n) is 9.34. The first kappa shape index (κ1) is 21.0. The van der Waals surface area contributed by atoms with Gasteiger partial charge in [-0.2, -0.15) is 8.78 Å². The van der Waals surface area contributed by atoms with Crippen LogP contribution in [0.2, 0.25) is 0 Å². The first-order chi connectivity index (χ1) is 14.0. The molecule has 1 fully saturated rings. The number of carbonyl (C=O) groups is 1. The lowest BCUT2D eigenvalue weighted by Gasteiger charge is -2.26. The Hall–Kier alpha value is -2.71. The monoisotopic (exact) mass is 406 g/mol. The Bertz CT molecular complexity index is 809. The molecular formula is C21H24F2N2O4. The molecule has 0 saturated carbocycles. The van der Waals surface area contributed by atoms with Crippen LogP contribution in [0.4, 0.5) is 8.78 Å². The molecule has 8 heteroatoms. The molecule has 0 radical (unpaired) electrons. The van der Waals surface area contributed by atoms with Crippen molar-refractivity contribution in [1.29, 1.82) is 0 Å². The maximum atomic E-state index is 12.4. The second-order valence-electron chi connectivity index (χ2n) is 6.63. The average Bonchev–Trinajstić information content (AvgIpc) is 2.73. The summed E-state index contributed by atoms with van der Waals surface area (Å²) in [6.45, 7) is 1.67. The Morgan fingerprint density at radius 3 is 2.45 bits per heavy atom. The number of hydrogen-bond donors (Lipinski definition) is 1. The van der Waals surface area contributed by atoms with Gasteiger partial charge in [0.05, 0.1) is 20.3 Å². The number of nitrogens with zero attached hydrogens (tertiary/aromatic N) is 1. The van der Waals surface area contributed by atoms with Crippen LogP contribution in [-0.4, -0.2) is 50.8 Å². The number of benzene rings is 2. The van der Waals surface area contributed by atoms with Crippen LogP contribution in [0.15, 0.2) is 42.5 Å². The van der Waals surface area contributed by atoms with Gasteiger partial charge in [-0.15, -0.1) is 0 Å². The molecule has 3 rings (SSSR count). The number of carbonyl (C=O) groups excluding carboxylic acids is 1. The third kappa shape index (κ3) is 6.13. The fraction of sp³-hybridized carbons (Fsp3) is 0.381. The van der Waals surface area contributed by atoms with Crippen LogP contribution in [0.3, 0.4) is 0 Å². The predicted octanol–water partition coefficient (Wildman–Crippen LogP) is 3.06. The zero-order valence-corrected chi connectivity index (χ0v) is 16.2. The van der Waals surface area contributed by atoms with Gasteiger partial charge in [0.1, 0.15) is 0 Å². The van der Waals surface area contributed by atoms with Gasteiger partial charge in [-0.3, -0.25) is 9.69 Å². The third-order valence-corrected chi connectivity index (χ3v) is 4.63. The molecule has 0 aromatic heterocycles. The highest BCUT2D eigenvalue weighted by Crippen LogP contribution is 2.29. The van der Waals surface area contributed by atoms with E-state index < -0.39 is 6.61 Å². The summed E-state index contributed by atoms with van der Waals surface area (Å²) in [7, 11) is 1.33. The summed E-state index contributed by atoms with van der Waals surface area (Å²) in [5.74, 6) is -0.371. The van der Waals surface area contributed by atoms with E-state index in [9.17, 15) is 13.6 Å². The molecule has 2 aromatic rings. The minimum atomic E-state index is -2.96. The lowest BCUT2D eigenvalue weighted by atomic mass is 10.1. The molecule has 0 aliphatic carbocycles. The van der Waals surface area contributed by atoms with Gasteiger partial charge < -0.3 is 19.5 Å². The molecule has 0 bridgehead atoms. The van der Waals surface area contributed by atoms with E-state index in [0.29, 0.717) is 12.1 Å². The molecule has 6 nitrogen and oxygen atoms in total. The smallest absolute Gasteiger partial charge is 0.387 e. The Balaban J connectivity index is 1.54. The van der Waals surface area contributed by atoms with Gasteiger partial charge in [-0.1, -0.05) is 24.3 Å². The Labute approximate surface area is 168 Å². The normalized spacial score (nSPS) is 14.6. The van der Waals surface area contributed by atoms with Gasteiger partial charge in [-0.25, -0.2) is 0 Å². The summed E-state index contributed by atoms with van der Waals surface area (Å²) >= 11 is 0. The summed E-state index contributed by atoms with van der Waals surface area (Å²) in [5.41, 5.74) is 2.47. The fourth-order valence-electron chi connectivity index (χ4n) is 3.07. The summed E-state index contributed by atoms with van der Waals surface area (Å²) in [6, 6.07) is 12.2. The van der Waals surface area contributed by atoms with E-state index in [1.807, 2.05) is 12.1 Å². The van der Waals surface area contributed by atoms with Crippen LogP contribution < -0.4 is 14.8 Å². The van der Waals surface area contributed by atoms with Crippen molar-refractivity contribution in [2.75, 3.05) is 33.4 Å². The number of amides is 1. The largest absolute Gasteiger partial charge is 0.493 e. The summed E-state index contributed by atoms with van der Waals surface area (Å²) in [4.78, 5) is 14.7. The van der Waals surface area contributed by atoms with Crippen molar-refractivity contribution in [1.82, 2.24) is 10.2 Å². The van der Waals surface area contributed by atoms with Gasteiger partial charge in [0.2, 0.25) is 0 Å². The Morgan fingerprint density at radius 2 is 1.79 bits per heavy atom. The van der Waals surface area contributed by atoms with Crippen molar-refractivity contribution >= 4 is 5.91 Å². The second-order valence-corrected chi connectivity index (χ2v) is 6.63. The van der Waals surface area contributed by atoms with Crippen LogP contribution in [0, 0.1) is 0 Å². The number of hydrogen-bond acceptors (Lipinski definition) is 5. The molecule has 1 N–H and O–H groups in total. The van der Waals surface area contributed by atoms with Gasteiger partial charge in [0, 0.05) is 31.7 Å². The standard InChI is InChI=1S/C21H24F2N2O4/c1-27-19-12-17(6-7-18(19)29-21(22)23)20(26)24-13-15-2-4-16(5-3-15)14-25-8-10-28-11-9-25/h2-7,12,21H,8-11,13-14H2,1H3,(H,24,26). The molecular weight excluding hydrogens is 382 g/mol. The maximum absolute atomic E-state index is 12.4. The number of methoxy groups -OCH3 is 1. The maximum Gasteiger partial charge on any atom is 0.387 e. The zero-order chi connectivity index (χ0) is 20.6. The predicted molar refractivity (Wildman–Crippen MR) is 103 cm³/mol. The van der Waals surface area contributed by atoms with Crippen LogP contribution in [0.1, 0.15) is 21.5 Å². The van der Waals surface area contributed by atoms with Gasteiger partial charge >= 0.3 is 6.61 Å². The Morgan fingerprint density at radius 1 is 1.10 bits per heavy atom. The molecule has 0 spiro atoms. The van der Waals surface area contributed by atoms with E-state index in [0.717, 1.165) is 38.4 Å². The number of nitrogens with one attached hydrogen (secondary N) is 1. The van der Waals surface area contributed by atoms with Crippen molar-refractivity contribution in [3.63, 3.8) is 0 Å². The minimum absolute atomic E-state index is 0.0745. The molecule has 0 unspecified atom stereocenters. The first-order valence-corrected chi connectivity index (χ1v) is 9.34. The van der Waals surface area contributed by atoms with Crippen molar-refractivity contribution < 1.29 is 27.8 Å². The molecule has 0 atom stereocenters. The molecule has 1 saturated heterocycles. The van der Waals surface area contributed by atoms with Gasteiger partial charge in [0.15, 0.2) is 11.5 Å². The number of rotatable bonds is 8. The summed E-state index contributed by atoms with van der Waals surface area (Å²) < 4.78 is 39.5. The van der Waals surface area contributed by atoms with E-state index in [1.54, 1.807) is 0 Å². The molecule has 29 heavy (non-hydrogen) atoms. The number of ether oxygens (including phenoxy) is 3. The number of morpholine rings is 1. The van der Waals surface area contributed by atoms with Gasteiger partial charge in [-0.05, 0) is 29.3 Å². The average molecular weight is 406 g/mol. The van der Waals surface area contributed by atoms with Crippen LogP contribution >= 0.6 is 0 Å². The number of alkyl halides is 2.